The van der Waals surface area contributed by atoms with Crippen LogP contribution in [0.25, 0.3) is 0 Å². The maximum absolute atomic E-state index is 14.0. The number of carbonyl (C=O) groups excluding carboxylic acids is 2. The molecule has 1 spiro atoms. The number of carbonyl (C=O) groups is 2. The molecule has 2 N–H and O–H groups in total. The Morgan fingerprint density at radius 2 is 2.03 bits per heavy atom. The van der Waals surface area contributed by atoms with Crippen LogP contribution >= 0.6 is 0 Å². The van der Waals surface area contributed by atoms with Crippen molar-refractivity contribution in [3.8, 4) is 0 Å². The first-order valence-electron chi connectivity index (χ1n) is 15.7. The first-order chi connectivity index (χ1) is 18.6. The van der Waals surface area contributed by atoms with Gasteiger partial charge in [-0.15, -0.1) is 0 Å². The van der Waals surface area contributed by atoms with Crippen molar-refractivity contribution in [1.82, 2.24) is 0 Å². The number of hydrogen-bond donors (Lipinski definition) is 2. The zero-order valence-corrected chi connectivity index (χ0v) is 21.7. The number of methoxy groups -OCH3 is 1. The Morgan fingerprint density at radius 3 is 2.72 bits per heavy atom. The van der Waals surface area contributed by atoms with E-state index in [4.69, 9.17) is 19.7 Å². The van der Waals surface area contributed by atoms with Crippen LogP contribution in [-0.4, -0.2) is 65.6 Å². The van der Waals surface area contributed by atoms with Crippen molar-refractivity contribution < 1.29 is 39.5 Å². The number of fused-ring (bicyclic) bond motifs is 4. The van der Waals surface area contributed by atoms with Crippen molar-refractivity contribution in [3.05, 3.63) is 11.1 Å². The molecule has 200 valence electrons. The molecular formula is C29H42O7. The molecule has 0 bridgehead atoms. The smallest absolute Gasteiger partial charge is 0.333 e. The van der Waals surface area contributed by atoms with E-state index < -0.39 is 55.2 Å². The highest BCUT2D eigenvalue weighted by atomic mass is 16.6. The number of hydrogen-bond acceptors (Lipinski definition) is 7. The minimum Gasteiger partial charge on any atom is -0.458 e. The summed E-state index contributed by atoms with van der Waals surface area (Å²) in [7, 11) is -2.88. The number of aliphatic hydroxyl groups is 2. The van der Waals surface area contributed by atoms with E-state index >= 15 is 0 Å². The summed E-state index contributed by atoms with van der Waals surface area (Å²) in [4.78, 5) is 26.5. The zero-order valence-electron chi connectivity index (χ0n) is 25.7. The fourth-order valence-corrected chi connectivity index (χ4v) is 9.88. The van der Waals surface area contributed by atoms with Gasteiger partial charge >= 0.3 is 5.97 Å². The Labute approximate surface area is 219 Å². The third kappa shape index (κ3) is 2.89. The van der Waals surface area contributed by atoms with Gasteiger partial charge in [0.15, 0.2) is 0 Å². The van der Waals surface area contributed by atoms with Gasteiger partial charge in [0.05, 0.1) is 28.3 Å². The van der Waals surface area contributed by atoms with Crippen LogP contribution in [0.4, 0.5) is 0 Å². The minimum absolute atomic E-state index is 0.0494. The van der Waals surface area contributed by atoms with Crippen molar-refractivity contribution in [1.29, 1.82) is 0 Å². The zero-order chi connectivity index (χ0) is 29.2. The van der Waals surface area contributed by atoms with E-state index in [-0.39, 0.29) is 41.2 Å². The largest absolute Gasteiger partial charge is 0.458 e. The lowest BCUT2D eigenvalue weighted by Gasteiger charge is -2.60. The van der Waals surface area contributed by atoms with Gasteiger partial charge in [-0.2, -0.15) is 0 Å². The van der Waals surface area contributed by atoms with Crippen molar-refractivity contribution in [2.24, 2.45) is 40.4 Å². The molecule has 13 atom stereocenters. The molecule has 6 rings (SSSR count). The van der Waals surface area contributed by atoms with E-state index in [0.717, 1.165) is 31.3 Å². The second kappa shape index (κ2) is 8.11. The number of cyclic esters (lactones) is 1. The van der Waals surface area contributed by atoms with Gasteiger partial charge in [0.25, 0.3) is 0 Å². The van der Waals surface area contributed by atoms with E-state index in [1.807, 2.05) is 13.8 Å². The van der Waals surface area contributed by atoms with Gasteiger partial charge in [-0.1, -0.05) is 19.4 Å². The van der Waals surface area contributed by atoms with Crippen LogP contribution in [0.5, 0.6) is 0 Å². The molecule has 0 unspecified atom stereocenters. The second-order valence-electron chi connectivity index (χ2n) is 12.8. The fourth-order valence-electron chi connectivity index (χ4n) is 9.88. The molecule has 0 amide bonds. The molecule has 0 radical (unpaired) electrons. The van der Waals surface area contributed by atoms with Crippen LogP contribution < -0.4 is 0 Å². The number of esters is 1. The molecule has 6 aliphatic rings. The molecule has 4 aliphatic carbocycles. The van der Waals surface area contributed by atoms with Crippen LogP contribution in [0, 0.1) is 40.4 Å². The maximum Gasteiger partial charge on any atom is 0.333 e. The predicted molar refractivity (Wildman–Crippen MR) is 131 cm³/mol. The molecule has 4 saturated carbocycles. The van der Waals surface area contributed by atoms with E-state index in [9.17, 15) is 19.8 Å². The lowest BCUT2D eigenvalue weighted by molar-refractivity contribution is -0.195. The van der Waals surface area contributed by atoms with Gasteiger partial charge in [0.1, 0.15) is 23.6 Å². The molecule has 5 fully saturated rings. The van der Waals surface area contributed by atoms with Gasteiger partial charge in [0, 0.05) is 26.8 Å². The topological polar surface area (TPSA) is 106 Å². The molecule has 0 aromatic rings. The first-order valence-corrected chi connectivity index (χ1v) is 13.6. The SMILES string of the molecule is [2H][C@@H]1C(=O)[C@]2(CO)[C@H]3CC[C@]4(C)[C@@H]([C@H](C)[C@H]5CC(C)=C(C)C(=O)O5)CC[C@H]4[C@@H]3C[C@H]3O[C@]32[C@@H](O)[C@H]1OC([2H])([2H])[2H]. The van der Waals surface area contributed by atoms with Crippen molar-refractivity contribution in [2.45, 2.75) is 103 Å². The normalized spacial score (nSPS) is 56.7. The second-order valence-corrected chi connectivity index (χ2v) is 12.8. The van der Waals surface area contributed by atoms with Gasteiger partial charge < -0.3 is 24.4 Å². The summed E-state index contributed by atoms with van der Waals surface area (Å²) in [6.07, 6.45) is -0.632. The third-order valence-electron chi connectivity index (χ3n) is 11.9. The molecule has 36 heavy (non-hydrogen) atoms. The average molecular weight is 507 g/mol. The Kier molecular flexibility index (Phi) is 4.65. The van der Waals surface area contributed by atoms with E-state index in [2.05, 4.69) is 13.8 Å². The van der Waals surface area contributed by atoms with Gasteiger partial charge in [-0.3, -0.25) is 4.79 Å². The quantitative estimate of drug-likeness (QED) is 0.446. The molecule has 7 heteroatoms. The summed E-state index contributed by atoms with van der Waals surface area (Å²) < 4.78 is 48.3. The highest BCUT2D eigenvalue weighted by Gasteiger charge is 2.83. The monoisotopic (exact) mass is 506 g/mol. The number of epoxide rings is 1. The molecular weight excluding hydrogens is 460 g/mol. The Bertz CT molecular complexity index is 1140. The summed E-state index contributed by atoms with van der Waals surface area (Å²) in [6.45, 7) is 7.78. The maximum atomic E-state index is 14.0. The Morgan fingerprint density at radius 1 is 1.25 bits per heavy atom. The van der Waals surface area contributed by atoms with Gasteiger partial charge in [-0.25, -0.2) is 4.79 Å². The van der Waals surface area contributed by atoms with Crippen molar-refractivity contribution in [3.63, 3.8) is 0 Å². The van der Waals surface area contributed by atoms with E-state index in [0.29, 0.717) is 24.3 Å². The third-order valence-corrected chi connectivity index (χ3v) is 11.9. The van der Waals surface area contributed by atoms with E-state index in [1.165, 1.54) is 0 Å². The summed E-state index contributed by atoms with van der Waals surface area (Å²) in [6, 6.07) is 0. The molecule has 0 aromatic heterocycles. The number of aliphatic hydroxyl groups excluding tert-OH is 2. The fraction of sp³-hybridized carbons (Fsp3) is 0.862. The average Bonchev–Trinajstić information content (AvgIpc) is 3.52. The van der Waals surface area contributed by atoms with Gasteiger partial charge in [0.2, 0.25) is 0 Å². The summed E-state index contributed by atoms with van der Waals surface area (Å²) in [5.41, 5.74) is -1.17. The van der Waals surface area contributed by atoms with E-state index in [1.54, 1.807) is 0 Å². The summed E-state index contributed by atoms with van der Waals surface area (Å²) >= 11 is 0. The molecule has 7 nitrogen and oxygen atoms in total. The van der Waals surface area contributed by atoms with Crippen LogP contribution in [0.1, 0.15) is 78.1 Å². The van der Waals surface area contributed by atoms with Crippen LogP contribution in [0.15, 0.2) is 11.1 Å². The lowest BCUT2D eigenvalue weighted by atomic mass is 9.43. The van der Waals surface area contributed by atoms with Gasteiger partial charge in [-0.05, 0) is 81.0 Å². The Hall–Kier alpha value is -1.28. The summed E-state index contributed by atoms with van der Waals surface area (Å²) in [5, 5.41) is 22.4. The molecule has 2 aliphatic heterocycles. The minimum atomic E-state index is -2.88. The highest BCUT2D eigenvalue weighted by molar-refractivity contribution is 5.90. The van der Waals surface area contributed by atoms with Crippen molar-refractivity contribution >= 4 is 11.8 Å². The van der Waals surface area contributed by atoms with Crippen LogP contribution in [0.3, 0.4) is 0 Å². The molecule has 1 saturated heterocycles. The number of ether oxygens (including phenoxy) is 3. The lowest BCUT2D eigenvalue weighted by Crippen LogP contribution is -2.70. The highest BCUT2D eigenvalue weighted by Crippen LogP contribution is 2.73. The predicted octanol–water partition coefficient (Wildman–Crippen LogP) is 3.20. The standard InChI is InChI=1S/C29H42O7/c1-14-10-21(35-26(33)15(14)2)16(3)18-6-7-19-17-11-24-29(36-24)25(32)22(34-5)12-23(31)28(29,13-30)20(17)8-9-27(18,19)4/h16-22,24-25,30,32H,6-13H2,1-5H3/t16-,17-,18+,19-,20-,21+,22-,24+,25-,27+,28-,29-/m0/s1/i5D3,12D/t12-,16-,17-,18+,19-,20-,21+,22-,24+,25-,27+,28-,29-. The number of Topliss-reactive ketones (excluding diaryl/α,β-unsaturated/α-hetero) is 1. The summed E-state index contributed by atoms with van der Waals surface area (Å²) in [5.74, 6) is -0.287. The molecule has 0 aromatic carbocycles. The number of ketones is 1. The van der Waals surface area contributed by atoms with Crippen LogP contribution in [0.2, 0.25) is 0 Å². The first kappa shape index (κ1) is 20.7. The molecule has 2 heterocycles. The number of rotatable bonds is 4. The van der Waals surface area contributed by atoms with Crippen molar-refractivity contribution in [2.75, 3.05) is 13.6 Å². The Balaban J connectivity index is 1.30. The van der Waals surface area contributed by atoms with Crippen LogP contribution in [-0.2, 0) is 23.8 Å².